The molecule has 1 aliphatic carbocycles. The highest BCUT2D eigenvalue weighted by molar-refractivity contribution is 6.33. The van der Waals surface area contributed by atoms with Crippen LogP contribution in [0.5, 0.6) is 5.75 Å². The Labute approximate surface area is 292 Å². The van der Waals surface area contributed by atoms with Crippen molar-refractivity contribution in [3.8, 4) is 17.1 Å². The first-order valence-corrected chi connectivity index (χ1v) is 16.3. The van der Waals surface area contributed by atoms with Gasteiger partial charge in [-0.2, -0.15) is 22.7 Å². The van der Waals surface area contributed by atoms with Crippen molar-refractivity contribution in [1.29, 1.82) is 0 Å². The van der Waals surface area contributed by atoms with Gasteiger partial charge in [-0.1, -0.05) is 18.5 Å². The Hall–Kier alpha value is -5.58. The molecule has 2 amide bonds. The van der Waals surface area contributed by atoms with E-state index in [9.17, 15) is 32.7 Å². The van der Waals surface area contributed by atoms with Gasteiger partial charge in [-0.3, -0.25) is 14.4 Å². The molecule has 0 radical (unpaired) electrons. The van der Waals surface area contributed by atoms with Crippen molar-refractivity contribution in [2.75, 3.05) is 24.1 Å². The second kappa shape index (κ2) is 12.3. The number of carbonyl (C=O) groups excluding carboxylic acids is 2. The summed E-state index contributed by atoms with van der Waals surface area (Å²) in [5.41, 5.74) is 5.51. The monoisotopic (exact) mass is 722 g/mol. The zero-order valence-electron chi connectivity index (χ0n) is 27.2. The number of carbonyl (C=O) groups is 2. The predicted molar refractivity (Wildman–Crippen MR) is 178 cm³/mol. The molecule has 14 nitrogen and oxygen atoms in total. The lowest BCUT2D eigenvalue weighted by molar-refractivity contribution is -0.137. The number of amides is 2. The third kappa shape index (κ3) is 5.80. The molecule has 1 aromatic carbocycles. The van der Waals surface area contributed by atoms with Gasteiger partial charge in [0.25, 0.3) is 11.5 Å². The average Bonchev–Trinajstić information content (AvgIpc) is 3.65. The predicted octanol–water partition coefficient (Wildman–Crippen LogP) is 4.33. The molecule has 1 unspecified atom stereocenters. The number of fused-ring (bicyclic) bond motifs is 3. The van der Waals surface area contributed by atoms with Crippen molar-refractivity contribution in [2.24, 2.45) is 0 Å². The Bertz CT molecular complexity index is 2300. The summed E-state index contributed by atoms with van der Waals surface area (Å²) in [6.07, 6.45) is -0.598. The van der Waals surface area contributed by atoms with Crippen LogP contribution in [0, 0.1) is 6.92 Å². The molecule has 1 aliphatic heterocycles. The molecule has 264 valence electrons. The molecule has 51 heavy (non-hydrogen) atoms. The van der Waals surface area contributed by atoms with Crippen molar-refractivity contribution in [2.45, 2.75) is 57.2 Å². The summed E-state index contributed by atoms with van der Waals surface area (Å²) in [5, 5.41) is 17.2. The molecule has 0 bridgehead atoms. The summed E-state index contributed by atoms with van der Waals surface area (Å²) in [5.74, 6) is -1.36. The first-order chi connectivity index (χ1) is 24.2. The number of alkyl halides is 3. The van der Waals surface area contributed by atoms with Gasteiger partial charge < -0.3 is 25.6 Å². The molecule has 2 aliphatic rings. The van der Waals surface area contributed by atoms with E-state index >= 15 is 0 Å². The number of nitrogen functional groups attached to an aromatic ring is 1. The largest absolute Gasteiger partial charge is 0.504 e. The van der Waals surface area contributed by atoms with Crippen molar-refractivity contribution in [3.05, 3.63) is 86.4 Å². The minimum atomic E-state index is -4.62. The number of hydrogen-bond acceptors (Lipinski definition) is 10. The zero-order valence-corrected chi connectivity index (χ0v) is 28.0. The molecule has 4 aromatic heterocycles. The van der Waals surface area contributed by atoms with Crippen LogP contribution in [-0.4, -0.2) is 69.0 Å². The second-order valence-corrected chi connectivity index (χ2v) is 13.2. The number of anilines is 2. The Kier molecular flexibility index (Phi) is 8.19. The molecule has 1 atom stereocenters. The Balaban J connectivity index is 1.28. The summed E-state index contributed by atoms with van der Waals surface area (Å²) in [6.45, 7) is 3.62. The molecule has 1 spiro atoms. The molecule has 0 saturated carbocycles. The molecule has 1 fully saturated rings. The molecular weight excluding hydrogens is 693 g/mol. The number of aromatic nitrogens is 7. The topological polar surface area (TPSA) is 187 Å². The first kappa shape index (κ1) is 33.9. The first-order valence-electron chi connectivity index (χ1n) is 15.9. The van der Waals surface area contributed by atoms with Crippen molar-refractivity contribution in [3.63, 3.8) is 0 Å². The molecule has 18 heteroatoms. The maximum Gasteiger partial charge on any atom is 0.416 e. The smallest absolute Gasteiger partial charge is 0.416 e. The minimum absolute atomic E-state index is 0.0276. The van der Waals surface area contributed by atoms with Gasteiger partial charge in [-0.15, -0.1) is 5.10 Å². The highest BCUT2D eigenvalue weighted by Crippen LogP contribution is 2.50. The van der Waals surface area contributed by atoms with E-state index < -0.39 is 34.5 Å². The number of nitrogens with one attached hydrogen (secondary N) is 1. The van der Waals surface area contributed by atoms with E-state index in [0.29, 0.717) is 36.1 Å². The number of halogens is 4. The molecule has 5 heterocycles. The minimum Gasteiger partial charge on any atom is -0.504 e. The highest BCUT2D eigenvalue weighted by atomic mass is 35.5. The number of pyridine rings is 1. The molecule has 4 N–H and O–H groups in total. The Morgan fingerprint density at radius 2 is 1.90 bits per heavy atom. The van der Waals surface area contributed by atoms with Gasteiger partial charge in [0.15, 0.2) is 17.3 Å². The molecule has 5 aromatic rings. The fourth-order valence-corrected chi connectivity index (χ4v) is 7.46. The average molecular weight is 723 g/mol. The Morgan fingerprint density at radius 1 is 1.16 bits per heavy atom. The fraction of sp³-hybridized carbons (Fsp3) is 0.333. The van der Waals surface area contributed by atoms with Crippen LogP contribution < -0.4 is 16.6 Å². The summed E-state index contributed by atoms with van der Waals surface area (Å²) in [6, 6.07) is 5.90. The quantitative estimate of drug-likeness (QED) is 0.236. The van der Waals surface area contributed by atoms with Gasteiger partial charge in [-0.25, -0.2) is 15.0 Å². The summed E-state index contributed by atoms with van der Waals surface area (Å²) >= 11 is 6.13. The summed E-state index contributed by atoms with van der Waals surface area (Å²) < 4.78 is 42.4. The van der Waals surface area contributed by atoms with E-state index in [0.717, 1.165) is 22.7 Å². The van der Waals surface area contributed by atoms with Crippen LogP contribution in [0.15, 0.2) is 47.7 Å². The van der Waals surface area contributed by atoms with Crippen molar-refractivity contribution >= 4 is 40.7 Å². The van der Waals surface area contributed by atoms with Crippen LogP contribution >= 0.6 is 11.6 Å². The Morgan fingerprint density at radius 3 is 2.59 bits per heavy atom. The van der Waals surface area contributed by atoms with Crippen LogP contribution in [0.4, 0.5) is 24.7 Å². The second-order valence-electron chi connectivity index (χ2n) is 12.8. The van der Waals surface area contributed by atoms with Crippen LogP contribution in [0.3, 0.4) is 0 Å². The van der Waals surface area contributed by atoms with Gasteiger partial charge in [0.1, 0.15) is 18.7 Å². The van der Waals surface area contributed by atoms with Gasteiger partial charge in [0.2, 0.25) is 11.7 Å². The van der Waals surface area contributed by atoms with E-state index in [-0.39, 0.29) is 70.8 Å². The van der Waals surface area contributed by atoms with Gasteiger partial charge in [0, 0.05) is 36.0 Å². The highest BCUT2D eigenvalue weighted by Gasteiger charge is 2.49. The summed E-state index contributed by atoms with van der Waals surface area (Å²) in [7, 11) is 0. The van der Waals surface area contributed by atoms with E-state index in [1.165, 1.54) is 12.5 Å². The van der Waals surface area contributed by atoms with E-state index in [1.807, 2.05) is 6.92 Å². The maximum atomic E-state index is 14.4. The lowest BCUT2D eigenvalue weighted by Crippen LogP contribution is -2.46. The van der Waals surface area contributed by atoms with E-state index in [2.05, 4.69) is 30.4 Å². The number of aromatic hydroxyl groups is 1. The summed E-state index contributed by atoms with van der Waals surface area (Å²) in [4.78, 5) is 59.6. The maximum absolute atomic E-state index is 14.4. The number of nitrogens with zero attached hydrogens (tertiary/aromatic N) is 8. The van der Waals surface area contributed by atoms with Crippen LogP contribution in [0.2, 0.25) is 5.02 Å². The number of aryl methyl sites for hydroxylation is 1. The number of piperidine rings is 1. The number of rotatable bonds is 5. The lowest BCUT2D eigenvalue weighted by atomic mass is 9.73. The molecule has 1 saturated heterocycles. The van der Waals surface area contributed by atoms with Crippen molar-refractivity contribution < 1.29 is 27.9 Å². The zero-order chi connectivity index (χ0) is 36.4. The SMILES string of the molecule is Cc1ncnc(C(=O)N2CCC3(CC2)CC(C)c2c3c(=O)n3nc(-c4cccnc4N)nc3n2CC(=O)Nc2ccc(C(F)(F)F)cc2Cl)c1O. The van der Waals surface area contributed by atoms with Gasteiger partial charge in [0.05, 0.1) is 27.5 Å². The van der Waals surface area contributed by atoms with Gasteiger partial charge in [-0.05, 0) is 62.4 Å². The third-order valence-electron chi connectivity index (χ3n) is 9.65. The van der Waals surface area contributed by atoms with E-state index in [4.69, 9.17) is 17.3 Å². The third-order valence-corrected chi connectivity index (χ3v) is 9.96. The lowest BCUT2D eigenvalue weighted by Gasteiger charge is -2.39. The number of benzene rings is 1. The van der Waals surface area contributed by atoms with Crippen LogP contribution in [0.1, 0.15) is 65.1 Å². The molecule has 7 rings (SSSR count). The fourth-order valence-electron chi connectivity index (χ4n) is 7.24. The molecular formula is C33H30ClF3N10O4. The number of likely N-dealkylation sites (tertiary alicyclic amines) is 1. The standard InChI is InChI=1S/C33H30ClF3N10O4/c1-16-13-32(7-10-45(11-8-32)30(51)24-26(49)17(2)40-15-41-24)23-25(16)46(14-22(48)42-21-6-5-18(12-20(21)34)33(35,36)37)31-43-28(44-47(31)29(23)50)19-4-3-9-39-27(19)38/h3-6,9,12,15-16,49H,7-8,10-11,13-14H2,1-2H3,(H2,38,39)(H,42,48). The van der Waals surface area contributed by atoms with Crippen LogP contribution in [-0.2, 0) is 22.9 Å². The van der Waals surface area contributed by atoms with Crippen molar-refractivity contribution in [1.82, 2.24) is 39.0 Å². The van der Waals surface area contributed by atoms with Gasteiger partial charge >= 0.3 is 6.18 Å². The number of nitrogens with two attached hydrogens (primary N) is 1. The number of hydrogen-bond donors (Lipinski definition) is 3. The van der Waals surface area contributed by atoms with Crippen LogP contribution in [0.25, 0.3) is 17.2 Å². The van der Waals surface area contributed by atoms with E-state index in [1.54, 1.807) is 28.5 Å². The normalized spacial score (nSPS) is 16.8.